The summed E-state index contributed by atoms with van der Waals surface area (Å²) in [6.45, 7) is 3.20. The molecule has 1 saturated carbocycles. The highest BCUT2D eigenvalue weighted by molar-refractivity contribution is 8.00. The van der Waals surface area contributed by atoms with E-state index in [1.165, 1.54) is 35.4 Å². The minimum atomic E-state index is -0.0359. The lowest BCUT2D eigenvalue weighted by Gasteiger charge is -2.20. The Morgan fingerprint density at radius 2 is 2.22 bits per heavy atom. The SMILES string of the molecule is CSc1nc(C(=O)N2CCOc3ccc(CN(C)Cc4cc(C5CC5)n[nH]4)cc3C2)cs1. The van der Waals surface area contributed by atoms with Crippen LogP contribution in [0.2, 0.25) is 0 Å². The van der Waals surface area contributed by atoms with E-state index in [1.54, 1.807) is 11.8 Å². The smallest absolute Gasteiger partial charge is 0.273 e. The largest absolute Gasteiger partial charge is 0.491 e. The number of fused-ring (bicyclic) bond motifs is 1. The van der Waals surface area contributed by atoms with Gasteiger partial charge in [0.1, 0.15) is 22.4 Å². The molecule has 0 bridgehead atoms. The van der Waals surface area contributed by atoms with Crippen molar-refractivity contribution in [3.05, 3.63) is 57.9 Å². The number of amides is 1. The zero-order chi connectivity index (χ0) is 22.1. The molecule has 1 aliphatic carbocycles. The summed E-state index contributed by atoms with van der Waals surface area (Å²) in [5, 5.41) is 9.47. The van der Waals surface area contributed by atoms with Crippen LogP contribution in [0.15, 0.2) is 34.0 Å². The molecule has 1 fully saturated rings. The van der Waals surface area contributed by atoms with Crippen LogP contribution in [0.5, 0.6) is 5.75 Å². The van der Waals surface area contributed by atoms with E-state index in [1.807, 2.05) is 22.6 Å². The Bertz CT molecular complexity index is 1110. The summed E-state index contributed by atoms with van der Waals surface area (Å²) in [5.74, 6) is 1.49. The van der Waals surface area contributed by atoms with E-state index in [0.717, 1.165) is 34.4 Å². The summed E-state index contributed by atoms with van der Waals surface area (Å²) < 4.78 is 6.84. The van der Waals surface area contributed by atoms with Gasteiger partial charge < -0.3 is 9.64 Å². The number of rotatable bonds is 7. The molecule has 9 heteroatoms. The topological polar surface area (TPSA) is 74.4 Å². The molecule has 0 radical (unpaired) electrons. The average molecular weight is 470 g/mol. The molecule has 32 heavy (non-hydrogen) atoms. The van der Waals surface area contributed by atoms with Gasteiger partial charge in [-0.1, -0.05) is 17.8 Å². The van der Waals surface area contributed by atoms with Gasteiger partial charge in [-0.2, -0.15) is 5.10 Å². The lowest BCUT2D eigenvalue weighted by Crippen LogP contribution is -2.32. The number of thioether (sulfide) groups is 1. The van der Waals surface area contributed by atoms with Crippen molar-refractivity contribution >= 4 is 29.0 Å². The van der Waals surface area contributed by atoms with Crippen molar-refractivity contribution in [1.29, 1.82) is 0 Å². The number of thiazole rings is 1. The number of carbonyl (C=O) groups excluding carboxylic acids is 1. The van der Waals surface area contributed by atoms with Gasteiger partial charge in [0, 0.05) is 42.2 Å². The summed E-state index contributed by atoms with van der Waals surface area (Å²) in [4.78, 5) is 21.5. The van der Waals surface area contributed by atoms with E-state index < -0.39 is 0 Å². The van der Waals surface area contributed by atoms with E-state index in [2.05, 4.69) is 45.3 Å². The highest BCUT2D eigenvalue weighted by Gasteiger charge is 2.26. The van der Waals surface area contributed by atoms with Gasteiger partial charge in [-0.3, -0.25) is 14.8 Å². The Balaban J connectivity index is 1.25. The number of ether oxygens (including phenoxy) is 1. The van der Waals surface area contributed by atoms with Crippen molar-refractivity contribution in [1.82, 2.24) is 25.0 Å². The van der Waals surface area contributed by atoms with Crippen molar-refractivity contribution in [2.75, 3.05) is 26.5 Å². The molecule has 1 amide bonds. The van der Waals surface area contributed by atoms with Gasteiger partial charge in [0.2, 0.25) is 0 Å². The van der Waals surface area contributed by atoms with Crippen LogP contribution in [-0.4, -0.2) is 57.3 Å². The van der Waals surface area contributed by atoms with Crippen LogP contribution in [0.1, 0.15) is 51.8 Å². The number of aromatic nitrogens is 3. The Morgan fingerprint density at radius 3 is 3.00 bits per heavy atom. The monoisotopic (exact) mass is 469 g/mol. The minimum absolute atomic E-state index is 0.0359. The summed E-state index contributed by atoms with van der Waals surface area (Å²) in [5.41, 5.74) is 5.11. The van der Waals surface area contributed by atoms with Crippen molar-refractivity contribution in [3.63, 3.8) is 0 Å². The van der Waals surface area contributed by atoms with Gasteiger partial charge >= 0.3 is 0 Å². The van der Waals surface area contributed by atoms with Crippen molar-refractivity contribution < 1.29 is 9.53 Å². The molecular formula is C23H27N5O2S2. The summed E-state index contributed by atoms with van der Waals surface area (Å²) in [6, 6.07) is 8.50. The maximum absolute atomic E-state index is 13.0. The second-order valence-corrected chi connectivity index (χ2v) is 10.4. The van der Waals surface area contributed by atoms with Crippen molar-refractivity contribution in [2.45, 2.75) is 42.7 Å². The maximum atomic E-state index is 13.0. The normalized spacial score (nSPS) is 16.0. The van der Waals surface area contributed by atoms with Gasteiger partial charge in [0.05, 0.1) is 12.2 Å². The number of H-pyrrole nitrogens is 1. The van der Waals surface area contributed by atoms with Gasteiger partial charge in [-0.25, -0.2) is 4.98 Å². The van der Waals surface area contributed by atoms with E-state index in [-0.39, 0.29) is 5.91 Å². The van der Waals surface area contributed by atoms with Crippen LogP contribution in [0.25, 0.3) is 0 Å². The molecule has 2 aromatic heterocycles. The third-order valence-electron chi connectivity index (χ3n) is 5.81. The van der Waals surface area contributed by atoms with Gasteiger partial charge in [0.15, 0.2) is 0 Å². The lowest BCUT2D eigenvalue weighted by atomic mass is 10.1. The highest BCUT2D eigenvalue weighted by atomic mass is 32.2. The molecule has 0 spiro atoms. The van der Waals surface area contributed by atoms with Crippen molar-refractivity contribution in [3.8, 4) is 5.75 Å². The second kappa shape index (κ2) is 9.25. The van der Waals surface area contributed by atoms with Crippen LogP contribution in [-0.2, 0) is 19.6 Å². The second-order valence-electron chi connectivity index (χ2n) is 8.48. The molecule has 1 aliphatic heterocycles. The van der Waals surface area contributed by atoms with E-state index in [0.29, 0.717) is 31.3 Å². The lowest BCUT2D eigenvalue weighted by molar-refractivity contribution is 0.0727. The Hall–Kier alpha value is -2.36. The fraction of sp³-hybridized carbons (Fsp3) is 0.435. The molecule has 3 aromatic rings. The first-order valence-corrected chi connectivity index (χ1v) is 13.0. The van der Waals surface area contributed by atoms with E-state index in [9.17, 15) is 4.79 Å². The standard InChI is InChI=1S/C23H27N5O2S2/c1-27(13-18-10-19(26-25-18)16-4-5-16)11-15-3-6-21-17(9-15)12-28(7-8-30-21)22(29)20-14-32-23(24-20)31-2/h3,6,9-10,14,16H,4-5,7-8,11-13H2,1-2H3,(H,25,26). The zero-order valence-corrected chi connectivity index (χ0v) is 20.0. The van der Waals surface area contributed by atoms with Crippen LogP contribution in [0.4, 0.5) is 0 Å². The summed E-state index contributed by atoms with van der Waals surface area (Å²) in [6.07, 6.45) is 4.50. The molecule has 1 aromatic carbocycles. The molecule has 5 rings (SSSR count). The predicted octanol–water partition coefficient (Wildman–Crippen LogP) is 4.13. The zero-order valence-electron chi connectivity index (χ0n) is 18.3. The first-order chi connectivity index (χ1) is 15.6. The van der Waals surface area contributed by atoms with Gasteiger partial charge in [0.25, 0.3) is 5.91 Å². The van der Waals surface area contributed by atoms with E-state index in [4.69, 9.17) is 4.74 Å². The van der Waals surface area contributed by atoms with Gasteiger partial charge in [-0.15, -0.1) is 11.3 Å². The molecule has 0 unspecified atom stereocenters. The first kappa shape index (κ1) is 21.5. The number of benzene rings is 1. The molecule has 3 heterocycles. The Labute approximate surface area is 196 Å². The van der Waals surface area contributed by atoms with Crippen LogP contribution < -0.4 is 4.74 Å². The first-order valence-electron chi connectivity index (χ1n) is 10.8. The fourth-order valence-electron chi connectivity index (χ4n) is 4.04. The summed E-state index contributed by atoms with van der Waals surface area (Å²) in [7, 11) is 2.11. The van der Waals surface area contributed by atoms with Crippen LogP contribution in [0.3, 0.4) is 0 Å². The fourth-order valence-corrected chi connectivity index (χ4v) is 5.27. The van der Waals surface area contributed by atoms with E-state index >= 15 is 0 Å². The molecule has 0 saturated heterocycles. The highest BCUT2D eigenvalue weighted by Crippen LogP contribution is 2.39. The van der Waals surface area contributed by atoms with Crippen molar-refractivity contribution in [2.24, 2.45) is 0 Å². The third kappa shape index (κ3) is 4.84. The average Bonchev–Trinajstić information content (AvgIpc) is 3.41. The number of carbonyl (C=O) groups is 1. The molecule has 7 nitrogen and oxygen atoms in total. The minimum Gasteiger partial charge on any atom is -0.491 e. The number of hydrogen-bond donors (Lipinski definition) is 1. The number of aromatic amines is 1. The predicted molar refractivity (Wildman–Crippen MR) is 126 cm³/mol. The van der Waals surface area contributed by atoms with Crippen LogP contribution in [0, 0.1) is 0 Å². The Kier molecular flexibility index (Phi) is 6.21. The molecule has 1 N–H and O–H groups in total. The third-order valence-corrected chi connectivity index (χ3v) is 7.67. The quantitative estimate of drug-likeness (QED) is 0.525. The molecule has 168 valence electrons. The Morgan fingerprint density at radius 1 is 1.34 bits per heavy atom. The van der Waals surface area contributed by atoms with Crippen LogP contribution >= 0.6 is 23.1 Å². The summed E-state index contributed by atoms with van der Waals surface area (Å²) >= 11 is 3.07. The van der Waals surface area contributed by atoms with Gasteiger partial charge in [-0.05, 0) is 49.9 Å². The maximum Gasteiger partial charge on any atom is 0.273 e. The number of hydrogen-bond acceptors (Lipinski definition) is 7. The number of nitrogens with zero attached hydrogens (tertiary/aromatic N) is 4. The molecular weight excluding hydrogens is 442 g/mol. The molecule has 0 atom stereocenters. The molecule has 2 aliphatic rings. The number of nitrogens with one attached hydrogen (secondary N) is 1.